The topological polar surface area (TPSA) is 25.8 Å². The van der Waals surface area contributed by atoms with Gasteiger partial charge in [0.2, 0.25) is 0 Å². The fraction of sp³-hybridized carbons (Fsp3) is 0.231. The van der Waals surface area contributed by atoms with Crippen LogP contribution in [0.2, 0.25) is 5.15 Å². The minimum absolute atomic E-state index is 0.123. The number of halogens is 5. The van der Waals surface area contributed by atoms with Crippen LogP contribution in [0.15, 0.2) is 18.2 Å². The molecule has 0 fully saturated rings. The van der Waals surface area contributed by atoms with Crippen molar-refractivity contribution >= 4 is 23.4 Å². The van der Waals surface area contributed by atoms with E-state index < -0.39 is 23.1 Å². The molecule has 0 radical (unpaired) electrons. The van der Waals surface area contributed by atoms with Gasteiger partial charge in [-0.05, 0) is 18.2 Å². The van der Waals surface area contributed by atoms with Crippen LogP contribution in [0.25, 0.3) is 11.4 Å². The number of thioether (sulfide) groups is 1. The van der Waals surface area contributed by atoms with Gasteiger partial charge in [0.1, 0.15) is 11.0 Å². The molecule has 0 atom stereocenters. The SMILES string of the molecule is Fc1ccc(C(F)(F)F)c(-c2nc(Cl)c3c(n2)CSC3)c1. The van der Waals surface area contributed by atoms with Gasteiger partial charge in [-0.2, -0.15) is 24.9 Å². The summed E-state index contributed by atoms with van der Waals surface area (Å²) in [6, 6.07) is 2.23. The first-order valence-corrected chi connectivity index (χ1v) is 7.39. The van der Waals surface area contributed by atoms with Gasteiger partial charge in [0, 0.05) is 22.6 Å². The Balaban J connectivity index is 2.21. The van der Waals surface area contributed by atoms with E-state index in [4.69, 9.17) is 11.6 Å². The van der Waals surface area contributed by atoms with Gasteiger partial charge < -0.3 is 0 Å². The summed E-state index contributed by atoms with van der Waals surface area (Å²) < 4.78 is 52.4. The number of benzene rings is 1. The van der Waals surface area contributed by atoms with Crippen molar-refractivity contribution in [2.24, 2.45) is 0 Å². The monoisotopic (exact) mass is 334 g/mol. The second kappa shape index (κ2) is 5.14. The first-order chi connectivity index (χ1) is 9.86. The molecule has 0 unspecified atom stereocenters. The van der Waals surface area contributed by atoms with E-state index in [-0.39, 0.29) is 11.0 Å². The Labute approximate surface area is 126 Å². The van der Waals surface area contributed by atoms with E-state index in [1.807, 2.05) is 0 Å². The van der Waals surface area contributed by atoms with E-state index in [9.17, 15) is 17.6 Å². The summed E-state index contributed by atoms with van der Waals surface area (Å²) in [5.74, 6) is 0.200. The van der Waals surface area contributed by atoms with Crippen molar-refractivity contribution in [1.82, 2.24) is 9.97 Å². The molecule has 0 amide bonds. The molecule has 0 aliphatic carbocycles. The lowest BCUT2D eigenvalue weighted by atomic mass is 10.1. The molecule has 2 aromatic rings. The Morgan fingerprint density at radius 3 is 2.62 bits per heavy atom. The van der Waals surface area contributed by atoms with Crippen molar-refractivity contribution in [3.05, 3.63) is 46.0 Å². The number of fused-ring (bicyclic) bond motifs is 1. The molecular formula is C13H7ClF4N2S. The zero-order chi connectivity index (χ0) is 15.2. The van der Waals surface area contributed by atoms with Crippen LogP contribution < -0.4 is 0 Å². The molecule has 1 aromatic heterocycles. The zero-order valence-corrected chi connectivity index (χ0v) is 11.9. The Morgan fingerprint density at radius 1 is 1.14 bits per heavy atom. The van der Waals surface area contributed by atoms with E-state index in [2.05, 4.69) is 9.97 Å². The average molecular weight is 335 g/mol. The summed E-state index contributed by atoms with van der Waals surface area (Å²) in [7, 11) is 0. The van der Waals surface area contributed by atoms with Gasteiger partial charge in [0.25, 0.3) is 0 Å². The van der Waals surface area contributed by atoms with E-state index in [0.29, 0.717) is 23.3 Å². The number of rotatable bonds is 1. The Hall–Kier alpha value is -1.34. The van der Waals surface area contributed by atoms with E-state index >= 15 is 0 Å². The van der Waals surface area contributed by atoms with Crippen LogP contribution in [0.1, 0.15) is 16.8 Å². The highest BCUT2D eigenvalue weighted by molar-refractivity contribution is 7.98. The highest BCUT2D eigenvalue weighted by Gasteiger charge is 2.35. The molecule has 1 aliphatic heterocycles. The van der Waals surface area contributed by atoms with Gasteiger partial charge in [-0.15, -0.1) is 0 Å². The van der Waals surface area contributed by atoms with Crippen molar-refractivity contribution in [1.29, 1.82) is 0 Å². The van der Waals surface area contributed by atoms with Crippen molar-refractivity contribution in [3.63, 3.8) is 0 Å². The van der Waals surface area contributed by atoms with Gasteiger partial charge in [0.05, 0.1) is 11.3 Å². The number of hydrogen-bond donors (Lipinski definition) is 0. The van der Waals surface area contributed by atoms with Gasteiger partial charge in [-0.25, -0.2) is 14.4 Å². The average Bonchev–Trinajstić information content (AvgIpc) is 2.86. The first kappa shape index (κ1) is 14.6. The van der Waals surface area contributed by atoms with Crippen molar-refractivity contribution in [2.75, 3.05) is 0 Å². The lowest BCUT2D eigenvalue weighted by Gasteiger charge is -2.13. The third kappa shape index (κ3) is 2.72. The van der Waals surface area contributed by atoms with Crippen LogP contribution in [0.3, 0.4) is 0 Å². The fourth-order valence-corrected chi connectivity index (χ4v) is 3.46. The molecular weight excluding hydrogens is 328 g/mol. The van der Waals surface area contributed by atoms with Gasteiger partial charge in [-0.1, -0.05) is 11.6 Å². The molecule has 0 bridgehead atoms. The van der Waals surface area contributed by atoms with Crippen LogP contribution in [-0.4, -0.2) is 9.97 Å². The van der Waals surface area contributed by atoms with Crippen LogP contribution >= 0.6 is 23.4 Å². The summed E-state index contributed by atoms with van der Waals surface area (Å²) in [6.07, 6.45) is -4.62. The van der Waals surface area contributed by atoms with E-state index in [0.717, 1.165) is 17.7 Å². The predicted octanol–water partition coefficient (Wildman–Crippen LogP) is 4.70. The Kier molecular flexibility index (Phi) is 3.57. The smallest absolute Gasteiger partial charge is 0.232 e. The summed E-state index contributed by atoms with van der Waals surface area (Å²) in [5, 5.41) is 0.123. The highest BCUT2D eigenvalue weighted by Crippen LogP contribution is 2.39. The van der Waals surface area contributed by atoms with Crippen molar-refractivity contribution < 1.29 is 17.6 Å². The third-order valence-corrected chi connectivity index (χ3v) is 4.34. The molecule has 8 heteroatoms. The standard InChI is InChI=1S/C13H7ClF4N2S/c14-11-8-4-21-5-10(8)19-12(20-11)7-3-6(15)1-2-9(7)13(16,17)18/h1-3H,4-5H2. The predicted molar refractivity (Wildman–Crippen MR) is 72.4 cm³/mol. The number of alkyl halides is 3. The van der Waals surface area contributed by atoms with Crippen molar-refractivity contribution in [3.8, 4) is 11.4 Å². The second-order valence-corrected chi connectivity index (χ2v) is 5.79. The minimum atomic E-state index is -4.62. The molecule has 21 heavy (non-hydrogen) atoms. The molecule has 0 saturated carbocycles. The van der Waals surface area contributed by atoms with E-state index in [1.165, 1.54) is 0 Å². The molecule has 0 spiro atoms. The maximum absolute atomic E-state index is 13.3. The molecule has 0 saturated heterocycles. The number of aromatic nitrogens is 2. The lowest BCUT2D eigenvalue weighted by Crippen LogP contribution is -2.09. The third-order valence-electron chi connectivity index (χ3n) is 3.06. The quantitative estimate of drug-likeness (QED) is 0.558. The second-order valence-electron chi connectivity index (χ2n) is 4.44. The van der Waals surface area contributed by atoms with Crippen molar-refractivity contribution in [2.45, 2.75) is 17.7 Å². The summed E-state index contributed by atoms with van der Waals surface area (Å²) >= 11 is 7.54. The highest BCUT2D eigenvalue weighted by atomic mass is 35.5. The number of nitrogens with zero attached hydrogens (tertiary/aromatic N) is 2. The molecule has 1 aromatic carbocycles. The van der Waals surface area contributed by atoms with E-state index in [1.54, 1.807) is 11.8 Å². The zero-order valence-electron chi connectivity index (χ0n) is 10.3. The maximum Gasteiger partial charge on any atom is 0.417 e. The molecule has 110 valence electrons. The largest absolute Gasteiger partial charge is 0.417 e. The maximum atomic E-state index is 13.3. The van der Waals surface area contributed by atoms with Crippen LogP contribution in [0, 0.1) is 5.82 Å². The van der Waals surface area contributed by atoms with Gasteiger partial charge >= 0.3 is 6.18 Å². The molecule has 2 nitrogen and oxygen atoms in total. The lowest BCUT2D eigenvalue weighted by molar-refractivity contribution is -0.137. The summed E-state index contributed by atoms with van der Waals surface area (Å²) in [6.45, 7) is 0. The molecule has 3 rings (SSSR count). The number of hydrogen-bond acceptors (Lipinski definition) is 3. The summed E-state index contributed by atoms with van der Waals surface area (Å²) in [4.78, 5) is 8.02. The minimum Gasteiger partial charge on any atom is -0.232 e. The van der Waals surface area contributed by atoms with Crippen LogP contribution in [0.5, 0.6) is 0 Å². The molecule has 0 N–H and O–H groups in total. The normalized spacial score (nSPS) is 14.3. The fourth-order valence-electron chi connectivity index (χ4n) is 2.08. The Morgan fingerprint density at radius 2 is 1.90 bits per heavy atom. The first-order valence-electron chi connectivity index (χ1n) is 5.86. The Bertz CT molecular complexity index is 718. The van der Waals surface area contributed by atoms with Crippen LogP contribution in [-0.2, 0) is 17.7 Å². The van der Waals surface area contributed by atoms with Crippen LogP contribution in [0.4, 0.5) is 17.6 Å². The molecule has 1 aliphatic rings. The molecule has 2 heterocycles. The summed E-state index contributed by atoms with van der Waals surface area (Å²) in [5.41, 5.74) is -0.0440. The van der Waals surface area contributed by atoms with Gasteiger partial charge in [-0.3, -0.25) is 0 Å². The van der Waals surface area contributed by atoms with Gasteiger partial charge in [0.15, 0.2) is 5.82 Å².